The van der Waals surface area contributed by atoms with Gasteiger partial charge in [-0.25, -0.2) is 0 Å². The molecular formula is C6H7FO2S2. The van der Waals surface area contributed by atoms with Crippen LogP contribution in [-0.2, 0) is 10.2 Å². The standard InChI is InChI=1S/C6H7FO2S2/c1-4-3-6(10-5(4)2)11(7,8)9/h3H,1-2H3. The average molecular weight is 194 g/mol. The van der Waals surface area contributed by atoms with E-state index >= 15 is 0 Å². The summed E-state index contributed by atoms with van der Waals surface area (Å²) in [6.45, 7) is 3.51. The first-order chi connectivity index (χ1) is 4.91. The molecule has 0 aliphatic heterocycles. The molecule has 0 saturated heterocycles. The quantitative estimate of drug-likeness (QED) is 0.641. The summed E-state index contributed by atoms with van der Waals surface area (Å²) in [4.78, 5) is 0.834. The number of aryl methyl sites for hydroxylation is 2. The van der Waals surface area contributed by atoms with Gasteiger partial charge in [-0.05, 0) is 25.5 Å². The van der Waals surface area contributed by atoms with E-state index in [9.17, 15) is 12.3 Å². The van der Waals surface area contributed by atoms with Crippen molar-refractivity contribution in [2.24, 2.45) is 0 Å². The van der Waals surface area contributed by atoms with Gasteiger partial charge in [-0.2, -0.15) is 8.42 Å². The Hall–Kier alpha value is -0.420. The largest absolute Gasteiger partial charge is 0.341 e. The van der Waals surface area contributed by atoms with Crippen LogP contribution in [-0.4, -0.2) is 8.42 Å². The topological polar surface area (TPSA) is 34.1 Å². The molecule has 0 spiro atoms. The third-order valence-electron chi connectivity index (χ3n) is 1.38. The van der Waals surface area contributed by atoms with Gasteiger partial charge >= 0.3 is 10.2 Å². The molecule has 0 aliphatic carbocycles. The van der Waals surface area contributed by atoms with Crippen molar-refractivity contribution in [2.75, 3.05) is 0 Å². The normalized spacial score (nSPS) is 11.9. The highest BCUT2D eigenvalue weighted by Gasteiger charge is 2.15. The molecule has 1 aromatic heterocycles. The minimum absolute atomic E-state index is 0.201. The van der Waals surface area contributed by atoms with Crippen LogP contribution in [0.15, 0.2) is 10.3 Å². The summed E-state index contributed by atoms with van der Waals surface area (Å²) in [5, 5.41) is 0. The summed E-state index contributed by atoms with van der Waals surface area (Å²) in [5.74, 6) is 0. The third kappa shape index (κ3) is 1.78. The molecule has 0 N–H and O–H groups in total. The van der Waals surface area contributed by atoms with Crippen LogP contribution < -0.4 is 0 Å². The Morgan fingerprint density at radius 1 is 1.45 bits per heavy atom. The van der Waals surface area contributed by atoms with E-state index in [4.69, 9.17) is 0 Å². The van der Waals surface area contributed by atoms with Crippen LogP contribution in [0.2, 0.25) is 0 Å². The Morgan fingerprint density at radius 3 is 2.18 bits per heavy atom. The van der Waals surface area contributed by atoms with Crippen LogP contribution in [0.4, 0.5) is 3.89 Å². The molecule has 0 aromatic carbocycles. The zero-order chi connectivity index (χ0) is 8.65. The van der Waals surface area contributed by atoms with Crippen molar-refractivity contribution in [3.05, 3.63) is 16.5 Å². The molecule has 0 amide bonds. The van der Waals surface area contributed by atoms with Gasteiger partial charge in [-0.1, -0.05) is 3.89 Å². The Bertz CT molecular complexity index is 344. The molecule has 0 atom stereocenters. The van der Waals surface area contributed by atoms with E-state index in [-0.39, 0.29) is 4.21 Å². The minimum Gasteiger partial charge on any atom is -0.188 e. The summed E-state index contributed by atoms with van der Waals surface area (Å²) >= 11 is 0.958. The van der Waals surface area contributed by atoms with E-state index in [1.165, 1.54) is 6.07 Å². The molecule has 0 aliphatic rings. The number of rotatable bonds is 1. The lowest BCUT2D eigenvalue weighted by Gasteiger charge is -1.82. The number of thiophene rings is 1. The van der Waals surface area contributed by atoms with Gasteiger partial charge in [0.2, 0.25) is 0 Å². The first kappa shape index (κ1) is 8.67. The zero-order valence-electron chi connectivity index (χ0n) is 6.09. The maximum absolute atomic E-state index is 12.3. The molecule has 11 heavy (non-hydrogen) atoms. The van der Waals surface area contributed by atoms with Crippen molar-refractivity contribution < 1.29 is 12.3 Å². The average Bonchev–Trinajstić information content (AvgIpc) is 2.11. The van der Waals surface area contributed by atoms with E-state index in [0.29, 0.717) is 0 Å². The Balaban J connectivity index is 3.29. The molecule has 0 bridgehead atoms. The minimum atomic E-state index is -4.49. The molecule has 1 rings (SSSR count). The highest BCUT2D eigenvalue weighted by atomic mass is 32.3. The van der Waals surface area contributed by atoms with Crippen molar-refractivity contribution in [1.29, 1.82) is 0 Å². The highest BCUT2D eigenvalue weighted by Crippen LogP contribution is 2.25. The van der Waals surface area contributed by atoms with Crippen LogP contribution in [0.3, 0.4) is 0 Å². The molecular weight excluding hydrogens is 187 g/mol. The number of hydrogen-bond acceptors (Lipinski definition) is 3. The molecule has 62 valence electrons. The van der Waals surface area contributed by atoms with E-state index in [2.05, 4.69) is 0 Å². The summed E-state index contributed by atoms with van der Waals surface area (Å²) in [6, 6.07) is 1.34. The van der Waals surface area contributed by atoms with Crippen molar-refractivity contribution >= 4 is 21.6 Å². The van der Waals surface area contributed by atoms with Crippen LogP contribution in [0.1, 0.15) is 10.4 Å². The van der Waals surface area contributed by atoms with Gasteiger partial charge in [0.05, 0.1) is 0 Å². The Labute approximate surface area is 68.9 Å². The van der Waals surface area contributed by atoms with Gasteiger partial charge in [0.25, 0.3) is 0 Å². The van der Waals surface area contributed by atoms with E-state index in [1.807, 2.05) is 0 Å². The predicted octanol–water partition coefficient (Wildman–Crippen LogP) is 2.02. The Morgan fingerprint density at radius 2 is 2.00 bits per heavy atom. The maximum atomic E-state index is 12.3. The SMILES string of the molecule is Cc1cc(S(=O)(=O)F)sc1C. The lowest BCUT2D eigenvalue weighted by atomic mass is 10.3. The Kier molecular flexibility index (Phi) is 2.02. The highest BCUT2D eigenvalue weighted by molar-refractivity contribution is 7.88. The van der Waals surface area contributed by atoms with Gasteiger partial charge in [0.1, 0.15) is 0 Å². The molecule has 0 radical (unpaired) electrons. The summed E-state index contributed by atoms with van der Waals surface area (Å²) in [7, 11) is -4.49. The van der Waals surface area contributed by atoms with Gasteiger partial charge < -0.3 is 0 Å². The summed E-state index contributed by atoms with van der Waals surface area (Å²) in [5.41, 5.74) is 0.811. The van der Waals surface area contributed by atoms with E-state index < -0.39 is 10.2 Å². The van der Waals surface area contributed by atoms with Crippen molar-refractivity contribution in [1.82, 2.24) is 0 Å². The summed E-state index contributed by atoms with van der Waals surface area (Å²) < 4.78 is 32.8. The molecule has 0 fully saturated rings. The fourth-order valence-electron chi connectivity index (χ4n) is 0.659. The molecule has 1 aromatic rings. The fraction of sp³-hybridized carbons (Fsp3) is 0.333. The third-order valence-corrected chi connectivity index (χ3v) is 3.78. The van der Waals surface area contributed by atoms with Gasteiger partial charge in [-0.3, -0.25) is 0 Å². The second-order valence-corrected chi connectivity index (χ2v) is 5.07. The lowest BCUT2D eigenvalue weighted by Crippen LogP contribution is -1.85. The van der Waals surface area contributed by atoms with Crippen LogP contribution in [0.5, 0.6) is 0 Å². The number of halogens is 1. The van der Waals surface area contributed by atoms with Gasteiger partial charge in [-0.15, -0.1) is 11.3 Å². The molecule has 2 nitrogen and oxygen atoms in total. The van der Waals surface area contributed by atoms with Crippen LogP contribution in [0, 0.1) is 13.8 Å². The fourth-order valence-corrected chi connectivity index (χ4v) is 2.51. The summed E-state index contributed by atoms with van der Waals surface area (Å²) in [6.07, 6.45) is 0. The van der Waals surface area contributed by atoms with Gasteiger partial charge in [0, 0.05) is 4.88 Å². The van der Waals surface area contributed by atoms with Crippen LogP contribution in [0.25, 0.3) is 0 Å². The first-order valence-electron chi connectivity index (χ1n) is 2.93. The van der Waals surface area contributed by atoms with Gasteiger partial charge in [0.15, 0.2) is 4.21 Å². The van der Waals surface area contributed by atoms with Crippen molar-refractivity contribution in [3.63, 3.8) is 0 Å². The van der Waals surface area contributed by atoms with E-state index in [0.717, 1.165) is 21.8 Å². The smallest absolute Gasteiger partial charge is 0.188 e. The maximum Gasteiger partial charge on any atom is 0.341 e. The molecule has 0 unspecified atom stereocenters. The molecule has 5 heteroatoms. The first-order valence-corrected chi connectivity index (χ1v) is 5.13. The second-order valence-electron chi connectivity index (χ2n) is 2.24. The van der Waals surface area contributed by atoms with Crippen molar-refractivity contribution in [2.45, 2.75) is 18.1 Å². The molecule has 0 saturated carbocycles. The molecule has 1 heterocycles. The van der Waals surface area contributed by atoms with Crippen molar-refractivity contribution in [3.8, 4) is 0 Å². The number of hydrogen-bond donors (Lipinski definition) is 0. The zero-order valence-corrected chi connectivity index (χ0v) is 7.72. The second kappa shape index (κ2) is 2.57. The van der Waals surface area contributed by atoms with E-state index in [1.54, 1.807) is 13.8 Å². The monoisotopic (exact) mass is 194 g/mol. The predicted molar refractivity (Wildman–Crippen MR) is 42.1 cm³/mol. The van der Waals surface area contributed by atoms with Crippen LogP contribution >= 0.6 is 11.3 Å². The lowest BCUT2D eigenvalue weighted by molar-refractivity contribution is 0.554.